The van der Waals surface area contributed by atoms with Gasteiger partial charge in [0.05, 0.1) is 0 Å². The summed E-state index contributed by atoms with van der Waals surface area (Å²) in [6, 6.07) is 0. The van der Waals surface area contributed by atoms with E-state index >= 15 is 0 Å². The van der Waals surface area contributed by atoms with Crippen molar-refractivity contribution in [3.8, 4) is 11.8 Å². The van der Waals surface area contributed by atoms with Crippen molar-refractivity contribution in [1.29, 1.82) is 0 Å². The zero-order chi connectivity index (χ0) is 6.53. The quantitative estimate of drug-likeness (QED) is 0.442. The van der Waals surface area contributed by atoms with Crippen molar-refractivity contribution in [1.82, 2.24) is 0 Å². The van der Waals surface area contributed by atoms with E-state index in [-0.39, 0.29) is 20.7 Å². The molecule has 46 valence electrons. The van der Waals surface area contributed by atoms with Crippen LogP contribution < -0.4 is 0 Å². The molecule has 0 unspecified atom stereocenters. The Morgan fingerprint density at radius 2 is 2.44 bits per heavy atom. The number of allylic oxidation sites excluding steroid dienone is 3. The van der Waals surface area contributed by atoms with Crippen LogP contribution in [-0.2, 0) is 0 Å². The third kappa shape index (κ3) is 2.15. The molecule has 0 nitrogen and oxygen atoms in total. The Morgan fingerprint density at radius 1 is 1.56 bits per heavy atom. The Labute approximate surface area is 65.4 Å². The van der Waals surface area contributed by atoms with Gasteiger partial charge < -0.3 is 0 Å². The van der Waals surface area contributed by atoms with Crippen LogP contribution in [0.25, 0.3) is 0 Å². The van der Waals surface area contributed by atoms with Crippen LogP contribution >= 0.6 is 20.7 Å². The molecule has 0 saturated carbocycles. The van der Waals surface area contributed by atoms with Gasteiger partial charge in [0.1, 0.15) is 0 Å². The molecule has 0 aromatic rings. The van der Waals surface area contributed by atoms with Gasteiger partial charge in [0, 0.05) is 5.57 Å². The molecule has 1 rings (SSSR count). The predicted octanol–water partition coefficient (Wildman–Crippen LogP) is 2.24. The average Bonchev–Trinajstić information content (AvgIpc) is 1.91. The van der Waals surface area contributed by atoms with E-state index in [1.807, 2.05) is 6.92 Å². The smallest absolute Gasteiger partial charge is 0.0253 e. The highest BCUT2D eigenvalue weighted by molar-refractivity contribution is 14.2. The minimum absolute atomic E-state index is 0.226. The van der Waals surface area contributed by atoms with Crippen LogP contribution in [-0.4, -0.2) is 4.01 Å². The Balaban J connectivity index is 2.80. The topological polar surface area (TPSA) is 0 Å². The lowest BCUT2D eigenvalue weighted by Crippen LogP contribution is -1.74. The summed E-state index contributed by atoms with van der Waals surface area (Å²) in [7, 11) is 0. The van der Waals surface area contributed by atoms with Crippen molar-refractivity contribution in [2.75, 3.05) is 0 Å². The molecule has 1 aliphatic rings. The molecule has 0 atom stereocenters. The Morgan fingerprint density at radius 3 is 3.00 bits per heavy atom. The van der Waals surface area contributed by atoms with E-state index in [0.717, 1.165) is 5.57 Å². The molecule has 0 amide bonds. The number of rotatable bonds is 0. The van der Waals surface area contributed by atoms with Crippen molar-refractivity contribution >= 4 is 24.7 Å². The summed E-state index contributed by atoms with van der Waals surface area (Å²) in [4.78, 5) is 0. The molecule has 0 fully saturated rings. The third-order valence-corrected chi connectivity index (χ3v) is 2.45. The largest absolute Gasteiger partial charge is 0.101 e. The van der Waals surface area contributed by atoms with Crippen LogP contribution in [0.1, 0.15) is 6.92 Å². The Kier molecular flexibility index (Phi) is 2.72. The van der Waals surface area contributed by atoms with Gasteiger partial charge in [-0.05, 0) is 27.2 Å². The van der Waals surface area contributed by atoms with Crippen molar-refractivity contribution < 1.29 is 0 Å². The summed E-state index contributed by atoms with van der Waals surface area (Å²) in [6.45, 7) is 1.86. The van der Waals surface area contributed by atoms with E-state index in [4.69, 9.17) is 0 Å². The van der Waals surface area contributed by atoms with Gasteiger partial charge in [-0.1, -0.05) is 26.7 Å². The summed E-state index contributed by atoms with van der Waals surface area (Å²) in [6.07, 6.45) is 4.20. The maximum atomic E-state index is 3.00. The highest BCUT2D eigenvalue weighted by atomic mass is 127. The van der Waals surface area contributed by atoms with Gasteiger partial charge in [-0.2, -0.15) is 0 Å². The van der Waals surface area contributed by atoms with Crippen LogP contribution in [0, 0.1) is 11.8 Å². The predicted molar refractivity (Wildman–Crippen MR) is 50.8 cm³/mol. The van der Waals surface area contributed by atoms with Gasteiger partial charge in [-0.15, -0.1) is 5.92 Å². The van der Waals surface area contributed by atoms with E-state index in [1.165, 1.54) is 0 Å². The van der Waals surface area contributed by atoms with Crippen molar-refractivity contribution in [3.63, 3.8) is 0 Å². The number of hydrogen-bond acceptors (Lipinski definition) is 0. The first kappa shape index (κ1) is 6.76. The first-order valence-corrected chi connectivity index (χ1v) is 5.17. The second-order valence-corrected chi connectivity index (χ2v) is 3.70. The SMILES string of the molecule is CC#CC1=CC=IC=C1. The highest BCUT2D eigenvalue weighted by Crippen LogP contribution is 2.07. The summed E-state index contributed by atoms with van der Waals surface area (Å²) < 4.78 is 4.44. The molecular weight excluding hydrogens is 223 g/mol. The van der Waals surface area contributed by atoms with E-state index in [1.54, 1.807) is 0 Å². The summed E-state index contributed by atoms with van der Waals surface area (Å²) >= 11 is 0.226. The summed E-state index contributed by atoms with van der Waals surface area (Å²) in [5, 5.41) is 0. The van der Waals surface area contributed by atoms with Crippen molar-refractivity contribution in [3.05, 3.63) is 21.8 Å². The number of halogens is 1. The second kappa shape index (κ2) is 3.62. The van der Waals surface area contributed by atoms with Gasteiger partial charge in [-0.25, -0.2) is 0 Å². The molecule has 9 heavy (non-hydrogen) atoms. The Bertz CT molecular complexity index is 233. The monoisotopic (exact) mass is 230 g/mol. The van der Waals surface area contributed by atoms with Gasteiger partial charge in [0.2, 0.25) is 0 Å². The molecule has 1 heterocycles. The van der Waals surface area contributed by atoms with E-state index in [2.05, 4.69) is 32.1 Å². The summed E-state index contributed by atoms with van der Waals surface area (Å²) in [5.74, 6) is 5.86. The molecule has 0 aromatic carbocycles. The molecule has 0 aliphatic carbocycles. The molecule has 0 radical (unpaired) electrons. The van der Waals surface area contributed by atoms with Gasteiger partial charge in [0.15, 0.2) is 0 Å². The molecule has 0 bridgehead atoms. The zero-order valence-corrected chi connectivity index (χ0v) is 7.34. The number of hydrogen-bond donors (Lipinski definition) is 0. The standard InChI is InChI=1S/C8H7I/c1-2-3-8-4-6-9-7-5-8/h4-7H,1H3. The lowest BCUT2D eigenvalue weighted by Gasteiger charge is -1.89. The second-order valence-electron chi connectivity index (χ2n) is 1.54. The Hall–Kier alpha value is -0.360. The van der Waals surface area contributed by atoms with Crippen LogP contribution in [0.5, 0.6) is 0 Å². The van der Waals surface area contributed by atoms with Gasteiger partial charge in [-0.3, -0.25) is 0 Å². The lowest BCUT2D eigenvalue weighted by atomic mass is 10.2. The van der Waals surface area contributed by atoms with Crippen LogP contribution in [0.2, 0.25) is 0 Å². The molecule has 0 N–H and O–H groups in total. The van der Waals surface area contributed by atoms with E-state index in [9.17, 15) is 0 Å². The summed E-state index contributed by atoms with van der Waals surface area (Å²) in [5.41, 5.74) is 1.14. The molecular formula is C8H7I. The van der Waals surface area contributed by atoms with Crippen LogP contribution in [0.3, 0.4) is 0 Å². The minimum Gasteiger partial charge on any atom is -0.101 e. The first-order chi connectivity index (χ1) is 4.43. The fourth-order valence-corrected chi connectivity index (χ4v) is 1.96. The fraction of sp³-hybridized carbons (Fsp3) is 0.125. The van der Waals surface area contributed by atoms with Crippen molar-refractivity contribution in [2.24, 2.45) is 0 Å². The van der Waals surface area contributed by atoms with Crippen molar-refractivity contribution in [2.45, 2.75) is 6.92 Å². The van der Waals surface area contributed by atoms with E-state index < -0.39 is 0 Å². The van der Waals surface area contributed by atoms with Crippen LogP contribution in [0.4, 0.5) is 0 Å². The molecule has 1 aliphatic heterocycles. The maximum Gasteiger partial charge on any atom is 0.0253 e. The van der Waals surface area contributed by atoms with Gasteiger partial charge >= 0.3 is 0 Å². The van der Waals surface area contributed by atoms with Crippen LogP contribution in [0.15, 0.2) is 21.8 Å². The average molecular weight is 230 g/mol. The molecule has 0 aromatic heterocycles. The normalized spacial score (nSPS) is 15.0. The fourth-order valence-electron chi connectivity index (χ4n) is 0.534. The maximum absolute atomic E-state index is 3.00. The third-order valence-electron chi connectivity index (χ3n) is 0.900. The first-order valence-electron chi connectivity index (χ1n) is 2.68. The molecule has 0 saturated heterocycles. The zero-order valence-electron chi connectivity index (χ0n) is 5.19. The lowest BCUT2D eigenvalue weighted by molar-refractivity contribution is 1.80. The molecule has 0 spiro atoms. The highest BCUT2D eigenvalue weighted by Gasteiger charge is 1.84. The van der Waals surface area contributed by atoms with Gasteiger partial charge in [0.25, 0.3) is 0 Å². The molecule has 1 heteroatoms. The minimum atomic E-state index is 0.226. The van der Waals surface area contributed by atoms with E-state index in [0.29, 0.717) is 0 Å².